The predicted octanol–water partition coefficient (Wildman–Crippen LogP) is 1.11. The molecule has 0 N–H and O–H groups in total. The summed E-state index contributed by atoms with van der Waals surface area (Å²) in [6.07, 6.45) is 0. The summed E-state index contributed by atoms with van der Waals surface area (Å²) in [6, 6.07) is -0.154. The van der Waals surface area contributed by atoms with Crippen LogP contribution in [0.25, 0.3) is 0 Å². The number of carbonyl (C=O) groups is 1. The first kappa shape index (κ1) is 8.11. The van der Waals surface area contributed by atoms with Gasteiger partial charge in [0.2, 0.25) is 0 Å². The van der Waals surface area contributed by atoms with E-state index in [1.54, 1.807) is 6.92 Å². The Kier molecular flexibility index (Phi) is 1.89. The third-order valence-corrected chi connectivity index (χ3v) is 2.21. The van der Waals surface area contributed by atoms with Crippen molar-refractivity contribution < 1.29 is 9.53 Å². The summed E-state index contributed by atoms with van der Waals surface area (Å²) in [5.41, 5.74) is 1.03. The summed E-state index contributed by atoms with van der Waals surface area (Å²) in [6.45, 7) is 5.58. The van der Waals surface area contributed by atoms with Crippen molar-refractivity contribution in [1.29, 1.82) is 0 Å². The SMILES string of the molecule is CC1=C(C)N(C)C(C)C(=O)O1. The normalized spacial score (nSPS) is 25.6. The number of carbonyl (C=O) groups excluding carboxylic acids is 1. The second kappa shape index (κ2) is 2.57. The minimum absolute atomic E-state index is 0.154. The molecule has 0 fully saturated rings. The summed E-state index contributed by atoms with van der Waals surface area (Å²) >= 11 is 0. The molecule has 1 atom stereocenters. The Bertz CT molecular complexity index is 220. The van der Waals surface area contributed by atoms with Gasteiger partial charge < -0.3 is 9.64 Å². The molecule has 0 aromatic rings. The van der Waals surface area contributed by atoms with Crippen LogP contribution in [-0.4, -0.2) is 24.0 Å². The standard InChI is InChI=1S/C8H13NO2/c1-5-7(3)11-8(10)6(2)9(5)4/h6H,1-4H3. The first-order valence-corrected chi connectivity index (χ1v) is 3.66. The molecule has 3 heteroatoms. The Morgan fingerprint density at radius 1 is 1.45 bits per heavy atom. The molecule has 1 unspecified atom stereocenters. The first-order chi connectivity index (χ1) is 5.04. The van der Waals surface area contributed by atoms with E-state index in [1.807, 2.05) is 25.8 Å². The zero-order chi connectivity index (χ0) is 8.59. The van der Waals surface area contributed by atoms with E-state index in [4.69, 9.17) is 4.74 Å². The van der Waals surface area contributed by atoms with Crippen LogP contribution in [0.2, 0.25) is 0 Å². The minimum Gasteiger partial charge on any atom is -0.428 e. The molecule has 0 saturated carbocycles. The van der Waals surface area contributed by atoms with Crippen molar-refractivity contribution in [2.75, 3.05) is 7.05 Å². The Morgan fingerprint density at radius 3 is 2.55 bits per heavy atom. The van der Waals surface area contributed by atoms with Crippen LogP contribution >= 0.6 is 0 Å². The van der Waals surface area contributed by atoms with E-state index < -0.39 is 0 Å². The van der Waals surface area contributed by atoms with Crippen molar-refractivity contribution in [2.45, 2.75) is 26.8 Å². The van der Waals surface area contributed by atoms with Crippen LogP contribution in [0.15, 0.2) is 11.5 Å². The highest BCUT2D eigenvalue weighted by atomic mass is 16.5. The maximum atomic E-state index is 11.1. The van der Waals surface area contributed by atoms with Crippen molar-refractivity contribution >= 4 is 5.97 Å². The highest BCUT2D eigenvalue weighted by Gasteiger charge is 2.26. The van der Waals surface area contributed by atoms with Gasteiger partial charge >= 0.3 is 5.97 Å². The van der Waals surface area contributed by atoms with E-state index in [2.05, 4.69) is 0 Å². The molecule has 11 heavy (non-hydrogen) atoms. The van der Waals surface area contributed by atoms with E-state index in [-0.39, 0.29) is 12.0 Å². The lowest BCUT2D eigenvalue weighted by Gasteiger charge is -2.31. The van der Waals surface area contributed by atoms with Gasteiger partial charge in [-0.3, -0.25) is 0 Å². The van der Waals surface area contributed by atoms with Crippen LogP contribution in [0.4, 0.5) is 0 Å². The van der Waals surface area contributed by atoms with Gasteiger partial charge in [0.05, 0.1) is 0 Å². The Balaban J connectivity index is 2.95. The number of rotatable bonds is 0. The Hall–Kier alpha value is -0.990. The molecule has 0 spiro atoms. The van der Waals surface area contributed by atoms with Crippen LogP contribution in [0, 0.1) is 0 Å². The number of cyclic esters (lactones) is 1. The fourth-order valence-electron chi connectivity index (χ4n) is 1.01. The van der Waals surface area contributed by atoms with Crippen LogP contribution < -0.4 is 0 Å². The molecule has 1 heterocycles. The lowest BCUT2D eigenvalue weighted by atomic mass is 10.2. The van der Waals surface area contributed by atoms with E-state index in [0.717, 1.165) is 5.70 Å². The topological polar surface area (TPSA) is 29.5 Å². The smallest absolute Gasteiger partial charge is 0.333 e. The second-order valence-electron chi connectivity index (χ2n) is 2.85. The first-order valence-electron chi connectivity index (χ1n) is 3.66. The number of esters is 1. The van der Waals surface area contributed by atoms with Crippen molar-refractivity contribution in [2.24, 2.45) is 0 Å². The molecule has 0 amide bonds. The van der Waals surface area contributed by atoms with Gasteiger partial charge in [-0.15, -0.1) is 0 Å². The van der Waals surface area contributed by atoms with Gasteiger partial charge in [-0.2, -0.15) is 0 Å². The van der Waals surface area contributed by atoms with Gasteiger partial charge in [0.15, 0.2) is 0 Å². The number of allylic oxidation sites excluding steroid dienone is 2. The quantitative estimate of drug-likeness (QED) is 0.491. The van der Waals surface area contributed by atoms with E-state index in [9.17, 15) is 4.79 Å². The van der Waals surface area contributed by atoms with Crippen molar-refractivity contribution in [3.63, 3.8) is 0 Å². The highest BCUT2D eigenvalue weighted by Crippen LogP contribution is 2.19. The van der Waals surface area contributed by atoms with E-state index in [0.29, 0.717) is 5.76 Å². The molecule has 0 bridgehead atoms. The summed E-state index contributed by atoms with van der Waals surface area (Å²) in [7, 11) is 1.89. The maximum absolute atomic E-state index is 11.1. The van der Waals surface area contributed by atoms with Gasteiger partial charge in [0, 0.05) is 12.7 Å². The average molecular weight is 155 g/mol. The van der Waals surface area contributed by atoms with Crippen LogP contribution in [0.3, 0.4) is 0 Å². The highest BCUT2D eigenvalue weighted by molar-refractivity contribution is 5.77. The zero-order valence-electron chi connectivity index (χ0n) is 7.34. The minimum atomic E-state index is -0.171. The molecule has 0 radical (unpaired) electrons. The zero-order valence-corrected chi connectivity index (χ0v) is 7.34. The lowest BCUT2D eigenvalue weighted by molar-refractivity contribution is -0.146. The summed E-state index contributed by atoms with van der Waals surface area (Å²) in [4.78, 5) is 13.0. The second-order valence-corrected chi connectivity index (χ2v) is 2.85. The summed E-state index contributed by atoms with van der Waals surface area (Å²) in [5, 5.41) is 0. The number of nitrogens with zero attached hydrogens (tertiary/aromatic N) is 1. The summed E-state index contributed by atoms with van der Waals surface area (Å²) < 4.78 is 4.98. The molecule has 3 nitrogen and oxygen atoms in total. The maximum Gasteiger partial charge on any atom is 0.333 e. The number of hydrogen-bond donors (Lipinski definition) is 0. The molecular weight excluding hydrogens is 142 g/mol. The molecule has 1 rings (SSSR count). The molecule has 62 valence electrons. The van der Waals surface area contributed by atoms with Crippen LogP contribution in [-0.2, 0) is 9.53 Å². The van der Waals surface area contributed by atoms with Gasteiger partial charge in [-0.25, -0.2) is 4.79 Å². The average Bonchev–Trinajstić information content (AvgIpc) is 1.97. The van der Waals surface area contributed by atoms with Crippen LogP contribution in [0.5, 0.6) is 0 Å². The fourth-order valence-corrected chi connectivity index (χ4v) is 1.01. The number of likely N-dealkylation sites (N-methyl/N-ethyl adjacent to an activating group) is 1. The van der Waals surface area contributed by atoms with Gasteiger partial charge in [0.1, 0.15) is 11.8 Å². The molecule has 0 aromatic heterocycles. The Labute approximate surface area is 66.6 Å². The molecule has 1 aliphatic heterocycles. The molecular formula is C8H13NO2. The predicted molar refractivity (Wildman–Crippen MR) is 41.7 cm³/mol. The van der Waals surface area contributed by atoms with Crippen molar-refractivity contribution in [1.82, 2.24) is 4.90 Å². The van der Waals surface area contributed by atoms with E-state index >= 15 is 0 Å². The largest absolute Gasteiger partial charge is 0.428 e. The number of hydrogen-bond acceptors (Lipinski definition) is 3. The Morgan fingerprint density at radius 2 is 2.00 bits per heavy atom. The number of ether oxygens (including phenoxy) is 1. The summed E-state index contributed by atoms with van der Waals surface area (Å²) in [5.74, 6) is 0.534. The van der Waals surface area contributed by atoms with Gasteiger partial charge in [-0.1, -0.05) is 0 Å². The lowest BCUT2D eigenvalue weighted by Crippen LogP contribution is -2.40. The molecule has 0 aliphatic carbocycles. The van der Waals surface area contributed by atoms with Crippen molar-refractivity contribution in [3.05, 3.63) is 11.5 Å². The molecule has 0 aromatic carbocycles. The fraction of sp³-hybridized carbons (Fsp3) is 0.625. The molecule has 0 saturated heterocycles. The van der Waals surface area contributed by atoms with Gasteiger partial charge in [-0.05, 0) is 20.8 Å². The van der Waals surface area contributed by atoms with Gasteiger partial charge in [0.25, 0.3) is 0 Å². The van der Waals surface area contributed by atoms with Crippen LogP contribution in [0.1, 0.15) is 20.8 Å². The van der Waals surface area contributed by atoms with E-state index in [1.165, 1.54) is 0 Å². The third kappa shape index (κ3) is 1.23. The third-order valence-electron chi connectivity index (χ3n) is 2.21. The monoisotopic (exact) mass is 155 g/mol. The van der Waals surface area contributed by atoms with Crippen molar-refractivity contribution in [3.8, 4) is 0 Å². The molecule has 1 aliphatic rings.